The van der Waals surface area contributed by atoms with Crippen LogP contribution in [0.15, 0.2) is 72.8 Å². The van der Waals surface area contributed by atoms with E-state index in [1.165, 1.54) is 9.80 Å². The summed E-state index contributed by atoms with van der Waals surface area (Å²) in [5.74, 6) is 4.35. The number of nitrogens with two attached hydrogens (primary N) is 1. The van der Waals surface area contributed by atoms with Gasteiger partial charge in [0.2, 0.25) is 5.91 Å². The monoisotopic (exact) mass is 522 g/mol. The van der Waals surface area contributed by atoms with Gasteiger partial charge in [-0.05, 0) is 35.4 Å². The molecule has 9 nitrogen and oxygen atoms in total. The van der Waals surface area contributed by atoms with Crippen molar-refractivity contribution in [3.8, 4) is 5.75 Å². The third kappa shape index (κ3) is 6.65. The summed E-state index contributed by atoms with van der Waals surface area (Å²) in [6.45, 7) is 0.894. The van der Waals surface area contributed by atoms with Gasteiger partial charge >= 0.3 is 0 Å². The van der Waals surface area contributed by atoms with Crippen molar-refractivity contribution in [1.82, 2.24) is 10.3 Å². The first-order valence-electron chi connectivity index (χ1n) is 11.7. The first-order valence-corrected chi connectivity index (χ1v) is 12.0. The summed E-state index contributed by atoms with van der Waals surface area (Å²) in [7, 11) is 0. The normalized spacial score (nSPS) is 13.1. The van der Waals surface area contributed by atoms with Gasteiger partial charge in [-0.2, -0.15) is 0 Å². The highest BCUT2D eigenvalue weighted by Crippen LogP contribution is 2.30. The largest absolute Gasteiger partial charge is 0.491 e. The van der Waals surface area contributed by atoms with Crippen molar-refractivity contribution >= 4 is 35.0 Å². The molecule has 192 valence electrons. The van der Waals surface area contributed by atoms with E-state index < -0.39 is 11.8 Å². The van der Waals surface area contributed by atoms with Crippen molar-refractivity contribution in [2.75, 3.05) is 31.2 Å². The molecular formula is C27H27ClN4O5. The number of carbonyl (C=O) groups excluding carboxylic acids is 3. The molecular weight excluding hydrogens is 496 g/mol. The Labute approximate surface area is 219 Å². The maximum absolute atomic E-state index is 13.5. The van der Waals surface area contributed by atoms with Crippen molar-refractivity contribution in [2.24, 2.45) is 5.84 Å². The summed E-state index contributed by atoms with van der Waals surface area (Å²) >= 11 is 6.46. The van der Waals surface area contributed by atoms with Crippen molar-refractivity contribution in [3.63, 3.8) is 0 Å². The standard InChI is InChI=1S/C27H27ClN4O5/c28-23-14-21(37-13-12-36-18-19-6-2-1-3-7-19)10-11-22(23)27(35)32-17-26(34)31(16-25(33)30-29)15-20-8-4-5-9-24(20)32/h1-11,14H,12-13,15-18,29H2,(H,30,33). The molecule has 3 aromatic carbocycles. The Kier molecular flexibility index (Phi) is 8.73. The number of fused-ring (bicyclic) bond motifs is 1. The summed E-state index contributed by atoms with van der Waals surface area (Å²) in [5, 5.41) is 0.196. The van der Waals surface area contributed by atoms with Crippen LogP contribution in [0.1, 0.15) is 21.5 Å². The Balaban J connectivity index is 1.42. The first kappa shape index (κ1) is 26.2. The minimum Gasteiger partial charge on any atom is -0.491 e. The molecule has 3 amide bonds. The maximum atomic E-state index is 13.5. The van der Waals surface area contributed by atoms with Crippen LogP contribution >= 0.6 is 11.6 Å². The Morgan fingerprint density at radius 3 is 2.49 bits per heavy atom. The van der Waals surface area contributed by atoms with E-state index in [1.807, 2.05) is 35.8 Å². The molecule has 4 rings (SSSR count). The lowest BCUT2D eigenvalue weighted by Gasteiger charge is -2.23. The molecule has 3 aromatic rings. The Hall–Kier alpha value is -3.92. The summed E-state index contributed by atoms with van der Waals surface area (Å²) in [5.41, 5.74) is 4.62. The van der Waals surface area contributed by atoms with Crippen molar-refractivity contribution in [1.29, 1.82) is 0 Å². The second kappa shape index (κ2) is 12.4. The lowest BCUT2D eigenvalue weighted by molar-refractivity contribution is -0.135. The number of ether oxygens (including phenoxy) is 2. The molecule has 10 heteroatoms. The minimum atomic E-state index is -0.505. The average molecular weight is 523 g/mol. The van der Waals surface area contributed by atoms with Gasteiger partial charge < -0.3 is 14.4 Å². The fourth-order valence-electron chi connectivity index (χ4n) is 3.95. The number of carbonyl (C=O) groups is 3. The zero-order valence-corrected chi connectivity index (χ0v) is 20.8. The van der Waals surface area contributed by atoms with Gasteiger partial charge in [-0.25, -0.2) is 5.84 Å². The predicted molar refractivity (Wildman–Crippen MR) is 139 cm³/mol. The highest BCUT2D eigenvalue weighted by atomic mass is 35.5. The summed E-state index contributed by atoms with van der Waals surface area (Å²) in [4.78, 5) is 41.0. The molecule has 3 N–H and O–H groups in total. The van der Waals surface area contributed by atoms with E-state index in [0.29, 0.717) is 31.3 Å². The molecule has 0 aromatic heterocycles. The topological polar surface area (TPSA) is 114 Å². The number of rotatable bonds is 9. The number of nitrogens with one attached hydrogen (secondary N) is 1. The third-order valence-electron chi connectivity index (χ3n) is 5.81. The van der Waals surface area contributed by atoms with Crippen molar-refractivity contribution in [2.45, 2.75) is 13.2 Å². The van der Waals surface area contributed by atoms with Crippen molar-refractivity contribution < 1.29 is 23.9 Å². The number of benzene rings is 3. The van der Waals surface area contributed by atoms with Crippen LogP contribution in [0.3, 0.4) is 0 Å². The number of nitrogens with zero attached hydrogens (tertiary/aromatic N) is 2. The van der Waals surface area contributed by atoms with Crippen LogP contribution in [0.2, 0.25) is 5.02 Å². The van der Waals surface area contributed by atoms with Crippen LogP contribution in [0, 0.1) is 0 Å². The van der Waals surface area contributed by atoms with Gasteiger partial charge in [0.05, 0.1) is 23.8 Å². The Morgan fingerprint density at radius 1 is 0.973 bits per heavy atom. The summed E-state index contributed by atoms with van der Waals surface area (Å²) < 4.78 is 11.3. The lowest BCUT2D eigenvalue weighted by Crippen LogP contribution is -2.45. The molecule has 1 heterocycles. The molecule has 0 radical (unpaired) electrons. The van der Waals surface area contributed by atoms with E-state index in [-0.39, 0.29) is 36.1 Å². The number of para-hydroxylation sites is 1. The lowest BCUT2D eigenvalue weighted by atomic mass is 10.1. The second-order valence-electron chi connectivity index (χ2n) is 8.37. The zero-order chi connectivity index (χ0) is 26.2. The van der Waals surface area contributed by atoms with Gasteiger partial charge in [0.15, 0.2) is 0 Å². The molecule has 1 aliphatic rings. The Morgan fingerprint density at radius 2 is 1.73 bits per heavy atom. The van der Waals surface area contributed by atoms with Gasteiger partial charge in [-0.1, -0.05) is 60.1 Å². The molecule has 0 fully saturated rings. The van der Waals surface area contributed by atoms with Gasteiger partial charge in [-0.15, -0.1) is 0 Å². The molecule has 0 spiro atoms. The maximum Gasteiger partial charge on any atom is 0.260 e. The SMILES string of the molecule is NNC(=O)CN1Cc2ccccc2N(C(=O)c2ccc(OCCOCc3ccccc3)cc2Cl)CC1=O. The van der Waals surface area contributed by atoms with Crippen LogP contribution in [0.25, 0.3) is 0 Å². The van der Waals surface area contributed by atoms with Crippen LogP contribution in [-0.4, -0.2) is 48.9 Å². The van der Waals surface area contributed by atoms with E-state index in [4.69, 9.17) is 26.9 Å². The number of hydrazine groups is 1. The highest BCUT2D eigenvalue weighted by Gasteiger charge is 2.31. The number of hydrogen-bond donors (Lipinski definition) is 2. The highest BCUT2D eigenvalue weighted by molar-refractivity contribution is 6.34. The molecule has 1 aliphatic heterocycles. The van der Waals surface area contributed by atoms with Crippen LogP contribution in [-0.2, 0) is 27.5 Å². The number of amides is 3. The molecule has 0 unspecified atom stereocenters. The zero-order valence-electron chi connectivity index (χ0n) is 20.1. The van der Waals surface area contributed by atoms with E-state index in [1.54, 1.807) is 42.5 Å². The summed E-state index contributed by atoms with van der Waals surface area (Å²) in [6.07, 6.45) is 0. The van der Waals surface area contributed by atoms with Crippen LogP contribution in [0.4, 0.5) is 5.69 Å². The van der Waals surface area contributed by atoms with Crippen molar-refractivity contribution in [3.05, 3.63) is 94.5 Å². The molecule has 0 bridgehead atoms. The van der Waals surface area contributed by atoms with Gasteiger partial charge in [0.25, 0.3) is 11.8 Å². The Bertz CT molecular complexity index is 1270. The number of anilines is 1. The fourth-order valence-corrected chi connectivity index (χ4v) is 4.20. The molecule has 0 saturated carbocycles. The summed E-state index contributed by atoms with van der Waals surface area (Å²) in [6, 6.07) is 21.8. The number of hydrogen-bond acceptors (Lipinski definition) is 6. The van der Waals surface area contributed by atoms with Crippen LogP contribution in [0.5, 0.6) is 5.75 Å². The van der Waals surface area contributed by atoms with E-state index >= 15 is 0 Å². The van der Waals surface area contributed by atoms with Crippen LogP contribution < -0.4 is 20.9 Å². The number of halogens is 1. The van der Waals surface area contributed by atoms with E-state index in [2.05, 4.69) is 0 Å². The molecule has 0 saturated heterocycles. The molecule has 37 heavy (non-hydrogen) atoms. The second-order valence-corrected chi connectivity index (χ2v) is 8.77. The third-order valence-corrected chi connectivity index (χ3v) is 6.12. The minimum absolute atomic E-state index is 0.166. The van der Waals surface area contributed by atoms with Gasteiger partial charge in [-0.3, -0.25) is 24.7 Å². The van der Waals surface area contributed by atoms with Gasteiger partial charge in [0, 0.05) is 12.2 Å². The van der Waals surface area contributed by atoms with E-state index in [0.717, 1.165) is 11.1 Å². The quantitative estimate of drug-likeness (QED) is 0.193. The molecule has 0 aliphatic carbocycles. The molecule has 0 atom stereocenters. The fraction of sp³-hybridized carbons (Fsp3) is 0.222. The average Bonchev–Trinajstić information content (AvgIpc) is 3.05. The van der Waals surface area contributed by atoms with Gasteiger partial charge in [0.1, 0.15) is 25.4 Å². The van der Waals surface area contributed by atoms with E-state index in [9.17, 15) is 14.4 Å². The first-order chi connectivity index (χ1) is 18.0. The predicted octanol–water partition coefficient (Wildman–Crippen LogP) is 2.91. The smallest absolute Gasteiger partial charge is 0.260 e.